The zero-order valence-electron chi connectivity index (χ0n) is 20.4. The number of rotatable bonds is 5. The van der Waals surface area contributed by atoms with Gasteiger partial charge in [-0.15, -0.1) is 0 Å². The lowest BCUT2D eigenvalue weighted by atomic mass is 9.80. The third-order valence-electron chi connectivity index (χ3n) is 7.56. The number of hydrogen-bond donors (Lipinski definition) is 0. The molecule has 4 heterocycles. The van der Waals surface area contributed by atoms with Crippen molar-refractivity contribution in [2.45, 2.75) is 51.9 Å². The van der Waals surface area contributed by atoms with Crippen LogP contribution >= 0.6 is 23.2 Å². The molecule has 0 spiro atoms. The first-order chi connectivity index (χ1) is 17.0. The van der Waals surface area contributed by atoms with Gasteiger partial charge >= 0.3 is 6.18 Å². The molecule has 2 aliphatic heterocycles. The summed E-state index contributed by atoms with van der Waals surface area (Å²) in [7, 11) is 0. The van der Waals surface area contributed by atoms with Gasteiger partial charge in [-0.1, -0.05) is 29.3 Å². The Bertz CT molecular complexity index is 1250. The third-order valence-corrected chi connectivity index (χ3v) is 8.12. The zero-order valence-corrected chi connectivity index (χ0v) is 21.9. The number of likely N-dealkylation sites (tertiary alicyclic amines) is 1. The smallest absolute Gasteiger partial charge is 0.355 e. The van der Waals surface area contributed by atoms with E-state index in [1.807, 2.05) is 0 Å². The fourth-order valence-electron chi connectivity index (χ4n) is 5.38. The summed E-state index contributed by atoms with van der Waals surface area (Å²) in [5.41, 5.74) is -0.626. The van der Waals surface area contributed by atoms with Gasteiger partial charge in [0.1, 0.15) is 11.3 Å². The highest BCUT2D eigenvalue weighted by atomic mass is 35.5. The fraction of sp³-hybridized carbons (Fsp3) is 0.560. The highest BCUT2D eigenvalue weighted by Gasteiger charge is 2.40. The average Bonchev–Trinajstić information content (AvgIpc) is 3.17. The molecule has 0 saturated carbocycles. The molecule has 0 radical (unpaired) electrons. The predicted octanol–water partition coefficient (Wildman–Crippen LogP) is 6.32. The Hall–Kier alpha value is -2.10. The molecule has 11 heteroatoms. The van der Waals surface area contributed by atoms with Gasteiger partial charge in [-0.25, -0.2) is 14.6 Å². The summed E-state index contributed by atoms with van der Waals surface area (Å²) in [6, 6.07) is 4.84. The molecule has 0 amide bonds. The maximum absolute atomic E-state index is 13.8. The number of piperidine rings is 1. The van der Waals surface area contributed by atoms with E-state index in [1.54, 1.807) is 25.1 Å². The number of nitrogens with zero attached hydrogens (tertiary/aromatic N) is 6. The van der Waals surface area contributed by atoms with Crippen molar-refractivity contribution < 1.29 is 13.2 Å². The van der Waals surface area contributed by atoms with E-state index in [-0.39, 0.29) is 11.2 Å². The molecule has 2 aliphatic rings. The van der Waals surface area contributed by atoms with Crippen LogP contribution in [0.4, 0.5) is 19.0 Å². The van der Waals surface area contributed by atoms with E-state index in [0.717, 1.165) is 26.2 Å². The second kappa shape index (κ2) is 9.65. The SMILES string of the molecule is CC(C)N1CCCC(C2CN(c3cnc4c(C(F)(F)F)nn([C@H](C)c5ccc(Cl)cc5Cl)c4n3)C2)C1. The van der Waals surface area contributed by atoms with Gasteiger partial charge in [0.2, 0.25) is 0 Å². The molecule has 194 valence electrons. The van der Waals surface area contributed by atoms with E-state index < -0.39 is 17.9 Å². The van der Waals surface area contributed by atoms with Crippen molar-refractivity contribution in [2.24, 2.45) is 11.8 Å². The van der Waals surface area contributed by atoms with Crippen LogP contribution in [-0.2, 0) is 6.18 Å². The largest absolute Gasteiger partial charge is 0.437 e. The van der Waals surface area contributed by atoms with E-state index in [9.17, 15) is 13.2 Å². The van der Waals surface area contributed by atoms with Crippen LogP contribution in [0.1, 0.15) is 50.9 Å². The van der Waals surface area contributed by atoms with Gasteiger partial charge in [-0.05, 0) is 69.7 Å². The van der Waals surface area contributed by atoms with E-state index in [4.69, 9.17) is 23.2 Å². The molecule has 0 aliphatic carbocycles. The molecule has 2 saturated heterocycles. The van der Waals surface area contributed by atoms with Crippen molar-refractivity contribution in [1.29, 1.82) is 0 Å². The highest BCUT2D eigenvalue weighted by molar-refractivity contribution is 6.35. The van der Waals surface area contributed by atoms with E-state index in [0.29, 0.717) is 39.3 Å². The van der Waals surface area contributed by atoms with Gasteiger partial charge in [0, 0.05) is 35.7 Å². The lowest BCUT2D eigenvalue weighted by Crippen LogP contribution is -2.54. The topological polar surface area (TPSA) is 50.1 Å². The van der Waals surface area contributed by atoms with Crippen molar-refractivity contribution in [2.75, 3.05) is 31.1 Å². The Balaban J connectivity index is 1.43. The Morgan fingerprint density at radius 3 is 2.47 bits per heavy atom. The summed E-state index contributed by atoms with van der Waals surface area (Å²) in [5, 5.41) is 4.71. The van der Waals surface area contributed by atoms with Crippen LogP contribution in [0.5, 0.6) is 0 Å². The highest BCUT2D eigenvalue weighted by Crippen LogP contribution is 2.38. The molecular weight excluding hydrogens is 512 g/mol. The fourth-order valence-corrected chi connectivity index (χ4v) is 5.94. The lowest BCUT2D eigenvalue weighted by molar-refractivity contribution is -0.140. The Morgan fingerprint density at radius 1 is 1.06 bits per heavy atom. The second-order valence-electron chi connectivity index (χ2n) is 10.2. The van der Waals surface area contributed by atoms with Crippen LogP contribution in [0.3, 0.4) is 0 Å². The number of aromatic nitrogens is 4. The molecule has 6 nitrogen and oxygen atoms in total. The number of anilines is 1. The van der Waals surface area contributed by atoms with Crippen LogP contribution in [0.15, 0.2) is 24.4 Å². The Morgan fingerprint density at radius 2 is 1.81 bits per heavy atom. The maximum Gasteiger partial charge on any atom is 0.437 e. The lowest BCUT2D eigenvalue weighted by Gasteiger charge is -2.47. The number of fused-ring (bicyclic) bond motifs is 1. The van der Waals surface area contributed by atoms with Gasteiger partial charge in [-0.2, -0.15) is 18.3 Å². The van der Waals surface area contributed by atoms with E-state index >= 15 is 0 Å². The minimum atomic E-state index is -4.66. The first-order valence-electron chi connectivity index (χ1n) is 12.3. The number of halogens is 5. The standard InChI is InChI=1S/C25H29Cl2F3N6/c1-14(2)34-8-4-5-16(11-34)17-12-35(13-17)21-10-31-22-23(25(28,29)30)33-36(24(22)32-21)15(3)19-7-6-18(26)9-20(19)27/h6-7,9-10,14-17H,4-5,8,11-13H2,1-3H3/t15-,16?/m1/s1. The molecule has 2 aromatic heterocycles. The summed E-state index contributed by atoms with van der Waals surface area (Å²) in [5.74, 6) is 1.74. The van der Waals surface area contributed by atoms with Crippen molar-refractivity contribution in [3.8, 4) is 0 Å². The minimum absolute atomic E-state index is 0.0884. The molecule has 2 atom stereocenters. The second-order valence-corrected chi connectivity index (χ2v) is 11.0. The van der Waals surface area contributed by atoms with E-state index in [2.05, 4.69) is 38.7 Å². The van der Waals surface area contributed by atoms with Crippen LogP contribution in [-0.4, -0.2) is 56.9 Å². The first-order valence-corrected chi connectivity index (χ1v) is 13.0. The summed E-state index contributed by atoms with van der Waals surface area (Å²) < 4.78 is 42.7. The number of benzene rings is 1. The summed E-state index contributed by atoms with van der Waals surface area (Å²) >= 11 is 12.4. The molecule has 3 aromatic rings. The Labute approximate surface area is 218 Å². The van der Waals surface area contributed by atoms with Crippen LogP contribution in [0, 0.1) is 11.8 Å². The molecule has 2 fully saturated rings. The first kappa shape index (κ1) is 25.5. The van der Waals surface area contributed by atoms with Crippen LogP contribution in [0.25, 0.3) is 11.2 Å². The van der Waals surface area contributed by atoms with Crippen molar-refractivity contribution in [3.05, 3.63) is 45.7 Å². The van der Waals surface area contributed by atoms with Gasteiger partial charge in [0.25, 0.3) is 0 Å². The monoisotopic (exact) mass is 540 g/mol. The van der Waals surface area contributed by atoms with Crippen molar-refractivity contribution in [1.82, 2.24) is 24.6 Å². The molecule has 0 bridgehead atoms. The van der Waals surface area contributed by atoms with Gasteiger partial charge in [0.15, 0.2) is 11.3 Å². The van der Waals surface area contributed by atoms with Crippen molar-refractivity contribution in [3.63, 3.8) is 0 Å². The summed E-state index contributed by atoms with van der Waals surface area (Å²) in [4.78, 5) is 13.4. The molecular formula is C25H29Cl2F3N6. The molecule has 0 N–H and O–H groups in total. The van der Waals surface area contributed by atoms with Gasteiger partial charge in [0.05, 0.1) is 12.2 Å². The number of alkyl halides is 3. The summed E-state index contributed by atoms with van der Waals surface area (Å²) in [6.45, 7) is 10.1. The van der Waals surface area contributed by atoms with Crippen LogP contribution in [0.2, 0.25) is 10.0 Å². The Kier molecular flexibility index (Phi) is 6.85. The molecule has 36 heavy (non-hydrogen) atoms. The normalized spacial score (nSPS) is 20.8. The van der Waals surface area contributed by atoms with Gasteiger partial charge in [-0.3, -0.25) is 0 Å². The molecule has 5 rings (SSSR count). The minimum Gasteiger partial charge on any atom is -0.355 e. The third kappa shape index (κ3) is 4.77. The van der Waals surface area contributed by atoms with E-state index in [1.165, 1.54) is 23.7 Å². The average molecular weight is 541 g/mol. The number of hydrogen-bond acceptors (Lipinski definition) is 5. The van der Waals surface area contributed by atoms with Crippen LogP contribution < -0.4 is 4.90 Å². The predicted molar refractivity (Wildman–Crippen MR) is 136 cm³/mol. The maximum atomic E-state index is 13.8. The molecule has 1 aromatic carbocycles. The summed E-state index contributed by atoms with van der Waals surface area (Å²) in [6.07, 6.45) is -0.807. The quantitative estimate of drug-likeness (QED) is 0.379. The zero-order chi connectivity index (χ0) is 25.8. The van der Waals surface area contributed by atoms with Crippen molar-refractivity contribution >= 4 is 40.2 Å². The van der Waals surface area contributed by atoms with Gasteiger partial charge < -0.3 is 9.80 Å². The molecule has 1 unspecified atom stereocenters.